The quantitative estimate of drug-likeness (QED) is 0.750. The van der Waals surface area contributed by atoms with E-state index in [0.717, 1.165) is 47.3 Å². The summed E-state index contributed by atoms with van der Waals surface area (Å²) in [6.45, 7) is 1.98. The van der Waals surface area contributed by atoms with Crippen molar-refractivity contribution in [3.8, 4) is 0 Å². The molecule has 0 atom stereocenters. The summed E-state index contributed by atoms with van der Waals surface area (Å²) < 4.78 is 7.09. The van der Waals surface area contributed by atoms with Crippen LogP contribution in [0.3, 0.4) is 0 Å². The van der Waals surface area contributed by atoms with E-state index in [2.05, 4.69) is 37.2 Å². The Hall–Kier alpha value is 0.160. The molecule has 1 aromatic heterocycles. The lowest BCUT2D eigenvalue weighted by molar-refractivity contribution is 0.282. The molecule has 5 heteroatoms. The first-order chi connectivity index (χ1) is 7.24. The maximum absolute atomic E-state index is 8.59. The van der Waals surface area contributed by atoms with Gasteiger partial charge >= 0.3 is 0 Å². The third kappa shape index (κ3) is 5.15. The zero-order valence-electron chi connectivity index (χ0n) is 8.43. The Morgan fingerprint density at radius 1 is 1.27 bits per heavy atom. The lowest BCUT2D eigenvalue weighted by atomic mass is 10.2. The van der Waals surface area contributed by atoms with Gasteiger partial charge in [0.15, 0.2) is 4.67 Å². The van der Waals surface area contributed by atoms with Gasteiger partial charge in [-0.25, -0.2) is 0 Å². The smallest absolute Gasteiger partial charge is 0.183 e. The highest BCUT2D eigenvalue weighted by molar-refractivity contribution is 9.13. The van der Waals surface area contributed by atoms with Crippen molar-refractivity contribution < 1.29 is 9.52 Å². The highest BCUT2D eigenvalue weighted by Gasteiger charge is 2.04. The molecule has 1 rings (SSSR count). The first-order valence-electron chi connectivity index (χ1n) is 4.99. The fourth-order valence-electron chi connectivity index (χ4n) is 1.23. The van der Waals surface area contributed by atoms with Crippen molar-refractivity contribution in [1.29, 1.82) is 0 Å². The van der Waals surface area contributed by atoms with Gasteiger partial charge in [0, 0.05) is 6.61 Å². The Kier molecular flexibility index (Phi) is 6.56. The van der Waals surface area contributed by atoms with E-state index in [9.17, 15) is 0 Å². The van der Waals surface area contributed by atoms with Gasteiger partial charge in [0.25, 0.3) is 0 Å². The number of unbranched alkanes of at least 4 members (excludes halogenated alkanes) is 2. The number of rotatable bonds is 7. The van der Waals surface area contributed by atoms with Crippen LogP contribution in [-0.4, -0.2) is 18.3 Å². The van der Waals surface area contributed by atoms with Gasteiger partial charge in [-0.3, -0.25) is 0 Å². The van der Waals surface area contributed by atoms with E-state index in [1.807, 2.05) is 6.07 Å². The maximum Gasteiger partial charge on any atom is 0.183 e. The monoisotopic (exact) mass is 339 g/mol. The molecule has 15 heavy (non-hydrogen) atoms. The molecule has 0 fully saturated rings. The molecule has 1 aromatic rings. The standard InChI is InChI=1S/C10H15Br2NO2/c11-9-6-8(15-10(9)12)7-13-4-2-1-3-5-14/h6,13-14H,1-5,7H2. The second kappa shape index (κ2) is 7.44. The highest BCUT2D eigenvalue weighted by Crippen LogP contribution is 2.26. The van der Waals surface area contributed by atoms with Crippen molar-refractivity contribution in [2.45, 2.75) is 25.8 Å². The van der Waals surface area contributed by atoms with Crippen LogP contribution in [0.5, 0.6) is 0 Å². The molecule has 0 bridgehead atoms. The predicted octanol–water partition coefficient (Wildman–Crippen LogP) is 3.06. The van der Waals surface area contributed by atoms with Crippen LogP contribution in [0, 0.1) is 0 Å². The summed E-state index contributed by atoms with van der Waals surface area (Å²) in [5.74, 6) is 0.913. The molecule has 0 aliphatic heterocycles. The molecule has 0 aromatic carbocycles. The van der Waals surface area contributed by atoms with Gasteiger partial charge in [-0.05, 0) is 63.7 Å². The Balaban J connectivity index is 2.10. The lowest BCUT2D eigenvalue weighted by Gasteiger charge is -2.01. The number of hydrogen-bond donors (Lipinski definition) is 2. The third-order valence-electron chi connectivity index (χ3n) is 2.01. The normalized spacial score (nSPS) is 10.9. The molecule has 0 spiro atoms. The van der Waals surface area contributed by atoms with Crippen LogP contribution >= 0.6 is 31.9 Å². The molecule has 0 amide bonds. The van der Waals surface area contributed by atoms with Gasteiger partial charge in [-0.2, -0.15) is 0 Å². The van der Waals surface area contributed by atoms with Crippen molar-refractivity contribution in [2.24, 2.45) is 0 Å². The van der Waals surface area contributed by atoms with E-state index in [0.29, 0.717) is 0 Å². The Morgan fingerprint density at radius 3 is 2.67 bits per heavy atom. The number of halogens is 2. The zero-order valence-corrected chi connectivity index (χ0v) is 11.6. The minimum absolute atomic E-state index is 0.290. The van der Waals surface area contributed by atoms with Gasteiger partial charge < -0.3 is 14.8 Å². The fraction of sp³-hybridized carbons (Fsp3) is 0.600. The Bertz CT molecular complexity index is 269. The van der Waals surface area contributed by atoms with E-state index >= 15 is 0 Å². The molecule has 0 saturated carbocycles. The van der Waals surface area contributed by atoms with E-state index in [-0.39, 0.29) is 6.61 Å². The molecule has 86 valence electrons. The Labute approximate surface area is 106 Å². The molecule has 0 aliphatic carbocycles. The maximum atomic E-state index is 8.59. The van der Waals surface area contributed by atoms with Crippen LogP contribution in [0.4, 0.5) is 0 Å². The van der Waals surface area contributed by atoms with Gasteiger partial charge in [0.1, 0.15) is 5.76 Å². The summed E-state index contributed by atoms with van der Waals surface area (Å²) in [5.41, 5.74) is 0. The van der Waals surface area contributed by atoms with Crippen molar-refractivity contribution in [2.75, 3.05) is 13.2 Å². The van der Waals surface area contributed by atoms with Crippen LogP contribution in [0.15, 0.2) is 19.6 Å². The highest BCUT2D eigenvalue weighted by atomic mass is 79.9. The first kappa shape index (κ1) is 13.2. The van der Waals surface area contributed by atoms with Crippen molar-refractivity contribution in [3.05, 3.63) is 21.0 Å². The van der Waals surface area contributed by atoms with Gasteiger partial charge in [0.05, 0.1) is 11.0 Å². The molecule has 0 unspecified atom stereocenters. The fourth-order valence-corrected chi connectivity index (χ4v) is 1.89. The first-order valence-corrected chi connectivity index (χ1v) is 6.58. The summed E-state index contributed by atoms with van der Waals surface area (Å²) in [7, 11) is 0. The third-order valence-corrected chi connectivity index (χ3v) is 3.72. The Morgan fingerprint density at radius 2 is 2.07 bits per heavy atom. The molecular weight excluding hydrogens is 326 g/mol. The summed E-state index contributed by atoms with van der Waals surface area (Å²) in [4.78, 5) is 0. The molecule has 0 saturated heterocycles. The predicted molar refractivity (Wildman–Crippen MR) is 66.8 cm³/mol. The van der Waals surface area contributed by atoms with Crippen LogP contribution in [0.25, 0.3) is 0 Å². The van der Waals surface area contributed by atoms with Crippen LogP contribution in [0.2, 0.25) is 0 Å². The van der Waals surface area contributed by atoms with Gasteiger partial charge in [-0.15, -0.1) is 0 Å². The molecule has 0 radical (unpaired) electrons. The molecular formula is C10H15Br2NO2. The van der Waals surface area contributed by atoms with E-state index < -0.39 is 0 Å². The summed E-state index contributed by atoms with van der Waals surface area (Å²) >= 11 is 6.65. The van der Waals surface area contributed by atoms with Gasteiger partial charge in [-0.1, -0.05) is 0 Å². The summed E-state index contributed by atoms with van der Waals surface area (Å²) in [6, 6.07) is 1.95. The van der Waals surface area contributed by atoms with Crippen LogP contribution in [0.1, 0.15) is 25.0 Å². The summed E-state index contributed by atoms with van der Waals surface area (Å²) in [5, 5.41) is 11.9. The summed E-state index contributed by atoms with van der Waals surface area (Å²) in [6.07, 6.45) is 3.04. The largest absolute Gasteiger partial charge is 0.452 e. The van der Waals surface area contributed by atoms with Crippen molar-refractivity contribution in [3.63, 3.8) is 0 Å². The van der Waals surface area contributed by atoms with E-state index in [4.69, 9.17) is 9.52 Å². The second-order valence-corrected chi connectivity index (χ2v) is 4.87. The number of furan rings is 1. The molecule has 0 aliphatic rings. The number of aliphatic hydroxyl groups is 1. The zero-order chi connectivity index (χ0) is 11.1. The minimum Gasteiger partial charge on any atom is -0.452 e. The molecule has 2 N–H and O–H groups in total. The van der Waals surface area contributed by atoms with E-state index in [1.165, 1.54) is 0 Å². The minimum atomic E-state index is 0.290. The second-order valence-electron chi connectivity index (χ2n) is 3.30. The average Bonchev–Trinajstić information content (AvgIpc) is 2.52. The molecule has 1 heterocycles. The number of hydrogen-bond acceptors (Lipinski definition) is 3. The van der Waals surface area contributed by atoms with E-state index in [1.54, 1.807) is 0 Å². The number of aliphatic hydroxyl groups excluding tert-OH is 1. The van der Waals surface area contributed by atoms with Crippen molar-refractivity contribution in [1.82, 2.24) is 5.32 Å². The average molecular weight is 341 g/mol. The van der Waals surface area contributed by atoms with Crippen LogP contribution < -0.4 is 5.32 Å². The molecule has 3 nitrogen and oxygen atoms in total. The topological polar surface area (TPSA) is 45.4 Å². The van der Waals surface area contributed by atoms with Crippen LogP contribution in [-0.2, 0) is 6.54 Å². The lowest BCUT2D eigenvalue weighted by Crippen LogP contribution is -2.14. The number of nitrogens with one attached hydrogen (secondary N) is 1. The van der Waals surface area contributed by atoms with Gasteiger partial charge in [0.2, 0.25) is 0 Å². The van der Waals surface area contributed by atoms with Crippen molar-refractivity contribution >= 4 is 31.9 Å². The SMILES string of the molecule is OCCCCCNCc1cc(Br)c(Br)o1.